The first-order chi connectivity index (χ1) is 4.24. The molecule has 0 amide bonds. The average molecular weight is 270 g/mol. The molecule has 0 unspecified atom stereocenters. The third kappa shape index (κ3) is 750. The molecule has 0 radical (unpaired) electrons. The van der Waals surface area contributed by atoms with Crippen LogP contribution in [0.1, 0.15) is 0 Å². The Morgan fingerprint density at radius 3 is 0.750 bits per heavy atom. The van der Waals surface area contributed by atoms with Gasteiger partial charge >= 0.3 is 35.9 Å². The quantitative estimate of drug-likeness (QED) is 0.316. The van der Waals surface area contributed by atoms with E-state index in [0.29, 0.717) is 0 Å². The summed E-state index contributed by atoms with van der Waals surface area (Å²) in [5.74, 6) is 0. The second kappa shape index (κ2) is 85.7. The number of hydrogen-bond donors (Lipinski definition) is 0. The monoisotopic (exact) mass is 270 g/mol. The van der Waals surface area contributed by atoms with E-state index < -0.39 is 26.1 Å². The van der Waals surface area contributed by atoms with E-state index in [9.17, 15) is 0 Å². The molecule has 2 N–H and O–H groups in total. The van der Waals surface area contributed by atoms with E-state index in [2.05, 4.69) is 0 Å². The van der Waals surface area contributed by atoms with Crippen molar-refractivity contribution in [2.24, 2.45) is 0 Å². The molecule has 12 heteroatoms. The Labute approximate surface area is 95.8 Å². The zero-order valence-electron chi connectivity index (χ0n) is 5.64. The molecule has 0 rings (SSSR count). The van der Waals surface area contributed by atoms with Gasteiger partial charge in [0.2, 0.25) is 0 Å². The Kier molecular flexibility index (Phi) is 270. The van der Waals surface area contributed by atoms with Crippen LogP contribution in [0.3, 0.4) is 0 Å². The molecule has 0 atom stereocenters. The van der Waals surface area contributed by atoms with E-state index in [1.807, 2.05) is 0 Å². The van der Waals surface area contributed by atoms with Crippen LogP contribution in [0.2, 0.25) is 0 Å². The standard InChI is InChI=1S/Fe.Li.3HO2P.H2O/c;;3*1-3-2;/h;;3*(H,1,2);1H2/q+2;+1;;;;/p-3. The fraction of sp³-hybridized carbons (Fsp3) is 0. The van der Waals surface area contributed by atoms with Gasteiger partial charge in [-0.1, -0.05) is 0 Å². The summed E-state index contributed by atoms with van der Waals surface area (Å²) < 4.78 is 25.0. The van der Waals surface area contributed by atoms with Crippen LogP contribution in [0, 0.1) is 0 Å². The maximum absolute atomic E-state index is 8.35. The molecule has 12 heavy (non-hydrogen) atoms. The molecule has 0 aliphatic heterocycles. The maximum atomic E-state index is 8.35. The van der Waals surface area contributed by atoms with Crippen molar-refractivity contribution < 1.29 is 69.8 Å². The minimum atomic E-state index is -1.08. The molecule has 0 spiro atoms. The van der Waals surface area contributed by atoms with Crippen molar-refractivity contribution >= 4 is 26.1 Å². The van der Waals surface area contributed by atoms with Crippen LogP contribution in [0.15, 0.2) is 0 Å². The van der Waals surface area contributed by atoms with Crippen molar-refractivity contribution in [3.05, 3.63) is 0 Å². The molecule has 0 fully saturated rings. The van der Waals surface area contributed by atoms with Crippen molar-refractivity contribution in [2.75, 3.05) is 0 Å². The maximum Gasteiger partial charge on any atom is 2.00 e. The third-order valence-corrected chi connectivity index (χ3v) is 0. The van der Waals surface area contributed by atoms with Crippen molar-refractivity contribution in [1.82, 2.24) is 0 Å². The predicted molar refractivity (Wildman–Crippen MR) is 26.4 cm³/mol. The van der Waals surface area contributed by atoms with Gasteiger partial charge in [0.25, 0.3) is 0 Å². The Balaban J connectivity index is -0.00000001000. The smallest absolute Gasteiger partial charge is 0.772 e. The molecule has 68 valence electrons. The topological polar surface area (TPSA) is 152 Å². The molecule has 7 nitrogen and oxygen atoms in total. The molecule has 0 aliphatic carbocycles. The molecule has 0 aliphatic rings. The second-order valence-electron chi connectivity index (χ2n) is 0.224. The van der Waals surface area contributed by atoms with Crippen LogP contribution in [0.25, 0.3) is 0 Å². The molecule has 0 saturated heterocycles. The Bertz CT molecular complexity index is 55.4. The summed E-state index contributed by atoms with van der Waals surface area (Å²) in [6.45, 7) is 0. The van der Waals surface area contributed by atoms with Crippen molar-refractivity contribution in [2.45, 2.75) is 0 Å². The summed E-state index contributed by atoms with van der Waals surface area (Å²) in [5, 5.41) is 0. The molecular weight excluding hydrogens is 268 g/mol. The zero-order valence-corrected chi connectivity index (χ0v) is 9.43. The largest absolute Gasteiger partial charge is 2.00 e. The van der Waals surface area contributed by atoms with Crippen LogP contribution in [-0.4, -0.2) is 5.48 Å². The Morgan fingerprint density at radius 2 is 0.750 bits per heavy atom. The van der Waals surface area contributed by atoms with Gasteiger partial charge in [0.1, 0.15) is 0 Å². The van der Waals surface area contributed by atoms with Crippen LogP contribution < -0.4 is 33.5 Å². The van der Waals surface area contributed by atoms with Crippen LogP contribution in [-0.2, 0) is 30.8 Å². The molecule has 0 aromatic rings. The molecule has 0 heterocycles. The average Bonchev–Trinajstić information content (AvgIpc) is 1.70. The minimum Gasteiger partial charge on any atom is -0.772 e. The normalized spacial score (nSPS) is 5.25. The molecule has 0 saturated carbocycles. The summed E-state index contributed by atoms with van der Waals surface area (Å²) in [4.78, 5) is 25.0. The molecule has 0 aromatic heterocycles. The Morgan fingerprint density at radius 1 is 0.750 bits per heavy atom. The summed E-state index contributed by atoms with van der Waals surface area (Å²) in [5.41, 5.74) is 0. The van der Waals surface area contributed by atoms with Gasteiger partial charge in [-0.15, -0.1) is 0 Å². The van der Waals surface area contributed by atoms with E-state index in [-0.39, 0.29) is 41.4 Å². The molecule has 0 bridgehead atoms. The van der Waals surface area contributed by atoms with E-state index in [0.717, 1.165) is 0 Å². The summed E-state index contributed by atoms with van der Waals surface area (Å²) in [7, 11) is -3.25. The van der Waals surface area contributed by atoms with E-state index in [1.54, 1.807) is 0 Å². The molecular formula is H2FeLiO7P3. The summed E-state index contributed by atoms with van der Waals surface area (Å²) >= 11 is 0. The molecule has 0 aromatic carbocycles. The van der Waals surface area contributed by atoms with Crippen LogP contribution >= 0.6 is 26.1 Å². The van der Waals surface area contributed by atoms with Gasteiger partial charge in [-0.25, -0.2) is 0 Å². The first-order valence-electron chi connectivity index (χ1n) is 1.10. The van der Waals surface area contributed by atoms with Gasteiger partial charge in [-0.2, -0.15) is 0 Å². The van der Waals surface area contributed by atoms with Gasteiger partial charge in [-0.3, -0.25) is 13.7 Å². The number of hydrogen-bond acceptors (Lipinski definition) is 6. The van der Waals surface area contributed by atoms with Gasteiger partial charge in [0.05, 0.1) is 26.1 Å². The second-order valence-corrected chi connectivity index (χ2v) is 0.671. The fourth-order valence-corrected chi connectivity index (χ4v) is 0. The van der Waals surface area contributed by atoms with Crippen molar-refractivity contribution in [1.29, 1.82) is 0 Å². The van der Waals surface area contributed by atoms with Crippen LogP contribution in [0.5, 0.6) is 0 Å². The number of rotatable bonds is 0. The van der Waals surface area contributed by atoms with Crippen molar-refractivity contribution in [3.63, 3.8) is 0 Å². The van der Waals surface area contributed by atoms with Gasteiger partial charge in [-0.05, 0) is 0 Å². The third-order valence-electron chi connectivity index (χ3n) is 0. The van der Waals surface area contributed by atoms with Crippen LogP contribution in [0.4, 0.5) is 0 Å². The first kappa shape index (κ1) is 37.8. The van der Waals surface area contributed by atoms with E-state index in [1.165, 1.54) is 0 Å². The van der Waals surface area contributed by atoms with E-state index in [4.69, 9.17) is 28.4 Å². The first-order valence-corrected chi connectivity index (χ1v) is 3.29. The fourth-order valence-electron chi connectivity index (χ4n) is 0. The van der Waals surface area contributed by atoms with Gasteiger partial charge in [0.15, 0.2) is 0 Å². The minimum absolute atomic E-state index is 0. The SMILES string of the molecule is O.O=P[O-].O=P[O-].O=P[O-].[Fe+2].[Li+]. The predicted octanol–water partition coefficient (Wildman–Crippen LogP) is -5.16. The summed E-state index contributed by atoms with van der Waals surface area (Å²) in [6, 6.07) is 0. The Hall–Kier alpha value is 1.26. The van der Waals surface area contributed by atoms with Gasteiger partial charge in [0, 0.05) is 0 Å². The van der Waals surface area contributed by atoms with Crippen molar-refractivity contribution in [3.8, 4) is 0 Å². The van der Waals surface area contributed by atoms with Gasteiger partial charge < -0.3 is 20.2 Å². The zero-order chi connectivity index (χ0) is 8.12. The van der Waals surface area contributed by atoms with E-state index >= 15 is 0 Å². The summed E-state index contributed by atoms with van der Waals surface area (Å²) in [6.07, 6.45) is 0.